The van der Waals surface area contributed by atoms with Crippen molar-refractivity contribution in [1.29, 1.82) is 0 Å². The van der Waals surface area contributed by atoms with Crippen LogP contribution in [0.2, 0.25) is 0 Å². The van der Waals surface area contributed by atoms with Crippen LogP contribution in [0.5, 0.6) is 0 Å². The molecule has 0 radical (unpaired) electrons. The monoisotopic (exact) mass is 231 g/mol. The number of hydrogen-bond acceptors (Lipinski definition) is 3. The summed E-state index contributed by atoms with van der Waals surface area (Å²) in [4.78, 5) is 8.82. The Morgan fingerprint density at radius 3 is 3.00 bits per heavy atom. The second kappa shape index (κ2) is 4.63. The molecule has 3 rings (SSSR count). The molecule has 1 atom stereocenters. The Balaban J connectivity index is 1.72. The molecule has 0 saturated heterocycles. The van der Waals surface area contributed by atoms with Gasteiger partial charge >= 0.3 is 0 Å². The van der Waals surface area contributed by atoms with Crippen molar-refractivity contribution in [1.82, 2.24) is 9.97 Å². The smallest absolute Gasteiger partial charge is 0.133 e. The number of nitrogens with zero attached hydrogens (tertiary/aromatic N) is 2. The SMILES string of the molecule is CCC(CC1CC1)Nc1ncnc2c1CCC2. The van der Waals surface area contributed by atoms with Gasteiger partial charge in [0.1, 0.15) is 12.1 Å². The van der Waals surface area contributed by atoms with Crippen molar-refractivity contribution in [2.24, 2.45) is 5.92 Å². The van der Waals surface area contributed by atoms with E-state index in [2.05, 4.69) is 22.2 Å². The molecule has 0 aliphatic heterocycles. The summed E-state index contributed by atoms with van der Waals surface area (Å²) in [6, 6.07) is 0.599. The third kappa shape index (κ3) is 2.43. The van der Waals surface area contributed by atoms with Gasteiger partial charge in [-0.1, -0.05) is 19.8 Å². The zero-order valence-corrected chi connectivity index (χ0v) is 10.6. The minimum atomic E-state index is 0.599. The van der Waals surface area contributed by atoms with E-state index in [4.69, 9.17) is 0 Å². The van der Waals surface area contributed by atoms with Gasteiger partial charge in [0.25, 0.3) is 0 Å². The van der Waals surface area contributed by atoms with Crippen LogP contribution in [-0.2, 0) is 12.8 Å². The average molecular weight is 231 g/mol. The van der Waals surface area contributed by atoms with Crippen LogP contribution in [0.1, 0.15) is 50.3 Å². The second-order valence-electron chi connectivity index (χ2n) is 5.43. The van der Waals surface area contributed by atoms with Crippen molar-refractivity contribution in [3.05, 3.63) is 17.6 Å². The molecular formula is C14H21N3. The molecule has 0 amide bonds. The van der Waals surface area contributed by atoms with Crippen LogP contribution < -0.4 is 5.32 Å². The summed E-state index contributed by atoms with van der Waals surface area (Å²) in [7, 11) is 0. The molecule has 2 aliphatic carbocycles. The van der Waals surface area contributed by atoms with Crippen LogP contribution in [0.4, 0.5) is 5.82 Å². The summed E-state index contributed by atoms with van der Waals surface area (Å²) in [5.41, 5.74) is 2.64. The molecule has 0 bridgehead atoms. The Hall–Kier alpha value is -1.12. The van der Waals surface area contributed by atoms with Gasteiger partial charge in [0, 0.05) is 17.3 Å². The fraction of sp³-hybridized carbons (Fsp3) is 0.714. The lowest BCUT2D eigenvalue weighted by Crippen LogP contribution is -2.21. The Bertz CT molecular complexity index is 398. The van der Waals surface area contributed by atoms with Gasteiger partial charge in [-0.05, 0) is 38.0 Å². The molecule has 1 heterocycles. The van der Waals surface area contributed by atoms with E-state index >= 15 is 0 Å². The van der Waals surface area contributed by atoms with Gasteiger partial charge in [0.15, 0.2) is 0 Å². The third-order valence-corrected chi connectivity index (χ3v) is 4.02. The Labute approximate surface area is 103 Å². The predicted octanol–water partition coefficient (Wildman–Crippen LogP) is 2.96. The molecule has 1 N–H and O–H groups in total. The topological polar surface area (TPSA) is 37.8 Å². The first-order chi connectivity index (χ1) is 8.36. The molecule has 0 aromatic carbocycles. The first kappa shape index (κ1) is 11.0. The van der Waals surface area contributed by atoms with E-state index < -0.39 is 0 Å². The fourth-order valence-electron chi connectivity index (χ4n) is 2.76. The number of aryl methyl sites for hydroxylation is 1. The largest absolute Gasteiger partial charge is 0.367 e. The molecule has 1 unspecified atom stereocenters. The van der Waals surface area contributed by atoms with Crippen molar-refractivity contribution in [3.63, 3.8) is 0 Å². The highest BCUT2D eigenvalue weighted by molar-refractivity contribution is 5.48. The van der Waals surface area contributed by atoms with E-state index in [0.717, 1.165) is 24.6 Å². The predicted molar refractivity (Wildman–Crippen MR) is 69.1 cm³/mol. The maximum Gasteiger partial charge on any atom is 0.133 e. The van der Waals surface area contributed by atoms with Gasteiger partial charge in [0.2, 0.25) is 0 Å². The normalized spacial score (nSPS) is 20.1. The summed E-state index contributed by atoms with van der Waals surface area (Å²) < 4.78 is 0. The quantitative estimate of drug-likeness (QED) is 0.846. The number of rotatable bonds is 5. The van der Waals surface area contributed by atoms with Crippen LogP contribution in [0.15, 0.2) is 6.33 Å². The van der Waals surface area contributed by atoms with E-state index in [-0.39, 0.29) is 0 Å². The first-order valence-electron chi connectivity index (χ1n) is 6.96. The maximum absolute atomic E-state index is 4.44. The van der Waals surface area contributed by atoms with Crippen LogP contribution in [0.3, 0.4) is 0 Å². The minimum absolute atomic E-state index is 0.599. The molecule has 3 nitrogen and oxygen atoms in total. The average Bonchev–Trinajstić information content (AvgIpc) is 3.03. The van der Waals surface area contributed by atoms with Crippen LogP contribution >= 0.6 is 0 Å². The molecule has 1 saturated carbocycles. The van der Waals surface area contributed by atoms with Crippen LogP contribution in [-0.4, -0.2) is 16.0 Å². The van der Waals surface area contributed by atoms with Crippen molar-refractivity contribution in [2.75, 3.05) is 5.32 Å². The van der Waals surface area contributed by atoms with E-state index in [1.807, 2.05) is 0 Å². The maximum atomic E-state index is 4.44. The number of hydrogen-bond donors (Lipinski definition) is 1. The molecule has 1 aromatic rings. The van der Waals surface area contributed by atoms with Crippen LogP contribution in [0, 0.1) is 5.92 Å². The minimum Gasteiger partial charge on any atom is -0.367 e. The van der Waals surface area contributed by atoms with Gasteiger partial charge in [-0.15, -0.1) is 0 Å². The number of nitrogens with one attached hydrogen (secondary N) is 1. The van der Waals surface area contributed by atoms with Gasteiger partial charge in [-0.2, -0.15) is 0 Å². The van der Waals surface area contributed by atoms with E-state index in [9.17, 15) is 0 Å². The molecule has 17 heavy (non-hydrogen) atoms. The lowest BCUT2D eigenvalue weighted by molar-refractivity contribution is 0.584. The molecule has 1 aromatic heterocycles. The zero-order chi connectivity index (χ0) is 11.7. The van der Waals surface area contributed by atoms with Crippen molar-refractivity contribution < 1.29 is 0 Å². The van der Waals surface area contributed by atoms with E-state index in [1.165, 1.54) is 43.4 Å². The molecule has 0 spiro atoms. The molecular weight excluding hydrogens is 210 g/mol. The lowest BCUT2D eigenvalue weighted by atomic mass is 10.1. The van der Waals surface area contributed by atoms with Gasteiger partial charge in [0.05, 0.1) is 0 Å². The number of fused-ring (bicyclic) bond motifs is 1. The highest BCUT2D eigenvalue weighted by Crippen LogP contribution is 2.35. The molecule has 2 aliphatic rings. The Morgan fingerprint density at radius 2 is 2.24 bits per heavy atom. The van der Waals surface area contributed by atoms with Crippen LogP contribution in [0.25, 0.3) is 0 Å². The number of aromatic nitrogens is 2. The summed E-state index contributed by atoms with van der Waals surface area (Å²) in [5, 5.41) is 3.65. The molecule has 3 heteroatoms. The zero-order valence-electron chi connectivity index (χ0n) is 10.6. The van der Waals surface area contributed by atoms with Crippen molar-refractivity contribution in [3.8, 4) is 0 Å². The standard InChI is InChI=1S/C14H21N3/c1-2-11(8-10-6-7-10)17-14-12-4-3-5-13(12)15-9-16-14/h9-11H,2-8H2,1H3,(H,15,16,17). The summed E-state index contributed by atoms with van der Waals surface area (Å²) in [6.07, 6.45) is 10.6. The van der Waals surface area contributed by atoms with Gasteiger partial charge in [-0.25, -0.2) is 9.97 Å². The Kier molecular flexibility index (Phi) is 3.00. The highest BCUT2D eigenvalue weighted by Gasteiger charge is 2.26. The fourth-order valence-corrected chi connectivity index (χ4v) is 2.76. The Morgan fingerprint density at radius 1 is 1.35 bits per heavy atom. The first-order valence-corrected chi connectivity index (χ1v) is 6.96. The van der Waals surface area contributed by atoms with Gasteiger partial charge in [-0.3, -0.25) is 0 Å². The summed E-state index contributed by atoms with van der Waals surface area (Å²) in [6.45, 7) is 2.27. The summed E-state index contributed by atoms with van der Waals surface area (Å²) >= 11 is 0. The number of anilines is 1. The van der Waals surface area contributed by atoms with Gasteiger partial charge < -0.3 is 5.32 Å². The van der Waals surface area contributed by atoms with E-state index in [0.29, 0.717) is 6.04 Å². The van der Waals surface area contributed by atoms with E-state index in [1.54, 1.807) is 6.33 Å². The lowest BCUT2D eigenvalue weighted by Gasteiger charge is -2.19. The van der Waals surface area contributed by atoms with Crippen molar-refractivity contribution >= 4 is 5.82 Å². The molecule has 92 valence electrons. The highest BCUT2D eigenvalue weighted by atomic mass is 15.0. The van der Waals surface area contributed by atoms with Crippen molar-refractivity contribution in [2.45, 2.75) is 57.9 Å². The summed E-state index contributed by atoms with van der Waals surface area (Å²) in [5.74, 6) is 2.09. The second-order valence-corrected chi connectivity index (χ2v) is 5.43. The molecule has 1 fully saturated rings. The third-order valence-electron chi connectivity index (χ3n) is 4.02.